The van der Waals surface area contributed by atoms with Crippen LogP contribution in [0, 0.1) is 16.7 Å². The summed E-state index contributed by atoms with van der Waals surface area (Å²) in [7, 11) is 0. The van der Waals surface area contributed by atoms with E-state index < -0.39 is 18.1 Å². The van der Waals surface area contributed by atoms with E-state index in [9.17, 15) is 14.7 Å². The minimum Gasteiger partial charge on any atom is -0.480 e. The van der Waals surface area contributed by atoms with Gasteiger partial charge in [-0.3, -0.25) is 4.79 Å². The van der Waals surface area contributed by atoms with Crippen molar-refractivity contribution < 1.29 is 19.1 Å². The van der Waals surface area contributed by atoms with Crippen LogP contribution in [0.15, 0.2) is 22.7 Å². The van der Waals surface area contributed by atoms with Gasteiger partial charge in [0.2, 0.25) is 11.6 Å². The van der Waals surface area contributed by atoms with Gasteiger partial charge in [0.05, 0.1) is 0 Å². The van der Waals surface area contributed by atoms with Crippen molar-refractivity contribution in [1.29, 1.82) is 0 Å². The third-order valence-corrected chi connectivity index (χ3v) is 8.82. The zero-order valence-corrected chi connectivity index (χ0v) is 18.3. The number of likely N-dealkylation sites (tertiary alicyclic amines) is 1. The van der Waals surface area contributed by atoms with Gasteiger partial charge in [0, 0.05) is 12.7 Å². The summed E-state index contributed by atoms with van der Waals surface area (Å²) in [5, 5.41) is 13.2. The fourth-order valence-corrected chi connectivity index (χ4v) is 6.85. The molecule has 2 spiro atoms. The Kier molecular flexibility index (Phi) is 4.49. The molecular formula is C24H30N4O4. The summed E-state index contributed by atoms with van der Waals surface area (Å²) in [4.78, 5) is 36.4. The number of anilines is 1. The van der Waals surface area contributed by atoms with Gasteiger partial charge in [0.15, 0.2) is 5.58 Å². The summed E-state index contributed by atoms with van der Waals surface area (Å²) in [5.41, 5.74) is 1.38. The van der Waals surface area contributed by atoms with E-state index in [1.54, 1.807) is 23.2 Å². The largest absolute Gasteiger partial charge is 0.480 e. The Bertz CT molecular complexity index is 1020. The molecule has 8 nitrogen and oxygen atoms in total. The molecule has 3 aliphatic carbocycles. The molecule has 3 saturated carbocycles. The molecule has 2 aromatic heterocycles. The maximum absolute atomic E-state index is 13.9. The number of aromatic nitrogens is 2. The highest BCUT2D eigenvalue weighted by Gasteiger charge is 2.73. The molecule has 4 aliphatic rings. The molecule has 0 aromatic carbocycles. The molecule has 4 fully saturated rings. The molecule has 1 amide bonds. The Labute approximate surface area is 186 Å². The van der Waals surface area contributed by atoms with Crippen LogP contribution in [-0.2, 0) is 9.59 Å². The van der Waals surface area contributed by atoms with Crippen LogP contribution >= 0.6 is 0 Å². The molecule has 170 valence electrons. The molecule has 3 heterocycles. The quantitative estimate of drug-likeness (QED) is 0.730. The first-order valence-electron chi connectivity index (χ1n) is 12.0. The molecule has 3 atom stereocenters. The lowest BCUT2D eigenvalue weighted by Crippen LogP contribution is -2.51. The Morgan fingerprint density at radius 1 is 1.19 bits per heavy atom. The molecule has 8 heteroatoms. The van der Waals surface area contributed by atoms with Crippen molar-refractivity contribution in [1.82, 2.24) is 14.9 Å². The van der Waals surface area contributed by atoms with Crippen LogP contribution in [0.1, 0.15) is 64.2 Å². The lowest BCUT2D eigenvalue weighted by Gasteiger charge is -2.34. The third-order valence-electron chi connectivity index (χ3n) is 8.82. The summed E-state index contributed by atoms with van der Waals surface area (Å²) in [5.74, 6) is -0.857. The van der Waals surface area contributed by atoms with E-state index in [0.29, 0.717) is 29.6 Å². The fraction of sp³-hybridized carbons (Fsp3) is 0.667. The number of carboxylic acids is 1. The lowest BCUT2D eigenvalue weighted by atomic mass is 9.74. The smallest absolute Gasteiger partial charge is 0.326 e. The van der Waals surface area contributed by atoms with Gasteiger partial charge >= 0.3 is 5.97 Å². The summed E-state index contributed by atoms with van der Waals surface area (Å²) < 4.78 is 5.82. The van der Waals surface area contributed by atoms with E-state index in [1.807, 2.05) is 0 Å². The number of nitrogens with zero attached hydrogens (tertiary/aromatic N) is 3. The van der Waals surface area contributed by atoms with Crippen molar-refractivity contribution >= 4 is 29.1 Å². The SMILES string of the molecule is O=C(O)[C@@H]1C[C@@]2(CN1C(=O)[C@@H](Nc1nc3ncccc3o1)C1CCCCC1)CC21CCC1. The second kappa shape index (κ2) is 7.18. The normalized spacial score (nSPS) is 29.9. The summed E-state index contributed by atoms with van der Waals surface area (Å²) in [6.07, 6.45) is 12.2. The van der Waals surface area contributed by atoms with E-state index in [4.69, 9.17) is 4.42 Å². The lowest BCUT2D eigenvalue weighted by molar-refractivity contribution is -0.149. The summed E-state index contributed by atoms with van der Waals surface area (Å²) >= 11 is 0. The highest BCUT2D eigenvalue weighted by Crippen LogP contribution is 2.77. The molecule has 0 unspecified atom stereocenters. The van der Waals surface area contributed by atoms with Crippen molar-refractivity contribution in [2.75, 3.05) is 11.9 Å². The number of rotatable bonds is 5. The van der Waals surface area contributed by atoms with E-state index in [1.165, 1.54) is 25.7 Å². The van der Waals surface area contributed by atoms with Crippen LogP contribution in [0.5, 0.6) is 0 Å². The van der Waals surface area contributed by atoms with Crippen LogP contribution in [0.25, 0.3) is 11.2 Å². The number of nitrogens with one attached hydrogen (secondary N) is 1. The number of pyridine rings is 1. The Hall–Kier alpha value is -2.64. The number of oxazole rings is 1. The van der Waals surface area contributed by atoms with Gasteiger partial charge in [-0.25, -0.2) is 9.78 Å². The maximum atomic E-state index is 13.9. The minimum atomic E-state index is -0.884. The number of carbonyl (C=O) groups is 2. The number of carbonyl (C=O) groups excluding carboxylic acids is 1. The van der Waals surface area contributed by atoms with Crippen LogP contribution in [-0.4, -0.2) is 50.5 Å². The molecule has 2 aromatic rings. The van der Waals surface area contributed by atoms with Gasteiger partial charge in [-0.05, 0) is 67.4 Å². The molecule has 6 rings (SSSR count). The zero-order valence-electron chi connectivity index (χ0n) is 18.3. The van der Waals surface area contributed by atoms with Gasteiger partial charge in [-0.15, -0.1) is 0 Å². The Balaban J connectivity index is 1.29. The second-order valence-corrected chi connectivity index (χ2v) is 10.5. The number of hydrogen-bond acceptors (Lipinski definition) is 6. The van der Waals surface area contributed by atoms with Gasteiger partial charge in [0.1, 0.15) is 12.1 Å². The van der Waals surface area contributed by atoms with Crippen LogP contribution in [0.4, 0.5) is 6.01 Å². The highest BCUT2D eigenvalue weighted by atomic mass is 16.4. The number of carboxylic acid groups (broad SMARTS) is 1. The van der Waals surface area contributed by atoms with Gasteiger partial charge in [-0.2, -0.15) is 4.98 Å². The average Bonchev–Trinajstić information content (AvgIpc) is 3.05. The standard InChI is InChI=1S/C24H30N4O4/c29-20(28-14-24(12-16(28)21(30)31)13-23(24)9-5-10-23)18(15-6-2-1-3-7-15)26-22-27-19-17(32-22)8-4-11-25-19/h4,8,11,15-16,18H,1-3,5-7,9-10,12-14H2,(H,30,31)(H,25,26,27)/t16-,18-,24-/m0/s1. The van der Waals surface area contributed by atoms with E-state index >= 15 is 0 Å². The number of fused-ring (bicyclic) bond motifs is 2. The molecule has 0 bridgehead atoms. The second-order valence-electron chi connectivity index (χ2n) is 10.5. The summed E-state index contributed by atoms with van der Waals surface area (Å²) in [6.45, 7) is 0.572. The molecular weight excluding hydrogens is 408 g/mol. The molecule has 0 radical (unpaired) electrons. The average molecular weight is 439 g/mol. The van der Waals surface area contributed by atoms with E-state index in [0.717, 1.165) is 32.1 Å². The Morgan fingerprint density at radius 3 is 2.66 bits per heavy atom. The van der Waals surface area contributed by atoms with Gasteiger partial charge < -0.3 is 19.7 Å². The van der Waals surface area contributed by atoms with Gasteiger partial charge in [0.25, 0.3) is 6.01 Å². The van der Waals surface area contributed by atoms with Crippen LogP contribution < -0.4 is 5.32 Å². The number of amides is 1. The number of aliphatic carboxylic acids is 1. The predicted octanol–water partition coefficient (Wildman–Crippen LogP) is 3.83. The van der Waals surface area contributed by atoms with Crippen molar-refractivity contribution in [3.8, 4) is 0 Å². The monoisotopic (exact) mass is 438 g/mol. The first-order valence-corrected chi connectivity index (χ1v) is 12.0. The molecule has 1 aliphatic heterocycles. The van der Waals surface area contributed by atoms with Crippen molar-refractivity contribution in [2.45, 2.75) is 76.3 Å². The van der Waals surface area contributed by atoms with Crippen molar-refractivity contribution in [3.05, 3.63) is 18.3 Å². The van der Waals surface area contributed by atoms with E-state index in [2.05, 4.69) is 15.3 Å². The van der Waals surface area contributed by atoms with Crippen molar-refractivity contribution in [3.63, 3.8) is 0 Å². The maximum Gasteiger partial charge on any atom is 0.326 e. The van der Waals surface area contributed by atoms with Crippen molar-refractivity contribution in [2.24, 2.45) is 16.7 Å². The number of hydrogen-bond donors (Lipinski definition) is 2. The third kappa shape index (κ3) is 3.02. The molecule has 32 heavy (non-hydrogen) atoms. The van der Waals surface area contributed by atoms with Crippen LogP contribution in [0.3, 0.4) is 0 Å². The minimum absolute atomic E-state index is 0.0165. The fourth-order valence-electron chi connectivity index (χ4n) is 6.85. The Morgan fingerprint density at radius 2 is 2.00 bits per heavy atom. The topological polar surface area (TPSA) is 109 Å². The zero-order chi connectivity index (χ0) is 21.9. The first-order chi connectivity index (χ1) is 15.5. The highest BCUT2D eigenvalue weighted by molar-refractivity contribution is 5.90. The molecule has 2 N–H and O–H groups in total. The van der Waals surface area contributed by atoms with Crippen LogP contribution in [0.2, 0.25) is 0 Å². The first kappa shape index (κ1) is 20.0. The predicted molar refractivity (Wildman–Crippen MR) is 117 cm³/mol. The van der Waals surface area contributed by atoms with Gasteiger partial charge in [-0.1, -0.05) is 25.7 Å². The molecule has 1 saturated heterocycles. The van der Waals surface area contributed by atoms with E-state index in [-0.39, 0.29) is 23.3 Å². The summed E-state index contributed by atoms with van der Waals surface area (Å²) in [6, 6.07) is 2.60.